The number of hydrogen-bond donors (Lipinski definition) is 2. The second-order valence-electron chi connectivity index (χ2n) is 5.96. The zero-order valence-electron chi connectivity index (χ0n) is 15.0. The van der Waals surface area contributed by atoms with Crippen molar-refractivity contribution in [2.75, 3.05) is 13.7 Å². The lowest BCUT2D eigenvalue weighted by atomic mass is 9.90. The number of ether oxygens (including phenoxy) is 3. The Morgan fingerprint density at radius 3 is 2.71 bits per heavy atom. The molecule has 6 nitrogen and oxygen atoms in total. The van der Waals surface area contributed by atoms with Crippen molar-refractivity contribution in [3.63, 3.8) is 0 Å². The topological polar surface area (TPSA) is 82.8 Å². The molecular formula is C18H30N2O4. The smallest absolute Gasteiger partial charge is 0.421 e. The molecule has 0 spiro atoms. The molecule has 0 bridgehead atoms. The van der Waals surface area contributed by atoms with Crippen LogP contribution in [0.1, 0.15) is 33.6 Å². The van der Waals surface area contributed by atoms with Crippen molar-refractivity contribution in [2.45, 2.75) is 51.9 Å². The van der Waals surface area contributed by atoms with Gasteiger partial charge in [0.15, 0.2) is 6.10 Å². The summed E-state index contributed by atoms with van der Waals surface area (Å²) < 4.78 is 16.8. The van der Waals surface area contributed by atoms with Gasteiger partial charge in [-0.1, -0.05) is 50.6 Å². The first-order valence-corrected chi connectivity index (χ1v) is 8.36. The SMILES string of the molecule is CCC/C=C/C=C\C=C(\C)C1OCC(C)C(OC)C1OC(=O)NN. The second-order valence-corrected chi connectivity index (χ2v) is 5.96. The van der Waals surface area contributed by atoms with Crippen LogP contribution in [0, 0.1) is 5.92 Å². The molecule has 0 aromatic heterocycles. The summed E-state index contributed by atoms with van der Waals surface area (Å²) in [5.41, 5.74) is 2.95. The van der Waals surface area contributed by atoms with Crippen molar-refractivity contribution in [3.05, 3.63) is 36.0 Å². The molecule has 1 aliphatic heterocycles. The summed E-state index contributed by atoms with van der Waals surface area (Å²) in [6.07, 6.45) is 10.3. The van der Waals surface area contributed by atoms with E-state index in [1.54, 1.807) is 7.11 Å². The maximum Gasteiger partial charge on any atom is 0.421 e. The fraction of sp³-hybridized carbons (Fsp3) is 0.611. The molecule has 4 atom stereocenters. The number of amides is 1. The van der Waals surface area contributed by atoms with Crippen molar-refractivity contribution in [2.24, 2.45) is 11.8 Å². The largest absolute Gasteiger partial charge is 0.439 e. The summed E-state index contributed by atoms with van der Waals surface area (Å²) in [5.74, 6) is 5.24. The molecule has 24 heavy (non-hydrogen) atoms. The van der Waals surface area contributed by atoms with Gasteiger partial charge in [-0.05, 0) is 18.9 Å². The van der Waals surface area contributed by atoms with Gasteiger partial charge in [-0.3, -0.25) is 5.43 Å². The van der Waals surface area contributed by atoms with Gasteiger partial charge in [0, 0.05) is 13.0 Å². The van der Waals surface area contributed by atoms with E-state index < -0.39 is 12.2 Å². The molecule has 1 saturated heterocycles. The monoisotopic (exact) mass is 338 g/mol. The van der Waals surface area contributed by atoms with Crippen LogP contribution in [0.3, 0.4) is 0 Å². The van der Waals surface area contributed by atoms with E-state index in [2.05, 4.69) is 13.0 Å². The van der Waals surface area contributed by atoms with Crippen LogP contribution < -0.4 is 11.3 Å². The molecule has 3 N–H and O–H groups in total. The number of nitrogens with one attached hydrogen (secondary N) is 1. The number of nitrogens with two attached hydrogens (primary N) is 1. The van der Waals surface area contributed by atoms with Crippen molar-refractivity contribution in [1.29, 1.82) is 0 Å². The highest BCUT2D eigenvalue weighted by molar-refractivity contribution is 5.66. The summed E-state index contributed by atoms with van der Waals surface area (Å²) >= 11 is 0. The third kappa shape index (κ3) is 6.11. The van der Waals surface area contributed by atoms with Gasteiger partial charge in [-0.2, -0.15) is 0 Å². The summed E-state index contributed by atoms with van der Waals surface area (Å²) in [5, 5.41) is 0. The first-order valence-electron chi connectivity index (χ1n) is 8.36. The Hall–Kier alpha value is -1.63. The van der Waals surface area contributed by atoms with Gasteiger partial charge >= 0.3 is 6.09 Å². The number of carbonyl (C=O) groups excluding carboxylic acids is 1. The highest BCUT2D eigenvalue weighted by atomic mass is 16.6. The molecule has 0 aliphatic carbocycles. The van der Waals surface area contributed by atoms with E-state index in [0.29, 0.717) is 6.61 Å². The fourth-order valence-corrected chi connectivity index (χ4v) is 2.69. The predicted molar refractivity (Wildman–Crippen MR) is 94.2 cm³/mol. The molecule has 0 radical (unpaired) electrons. The van der Waals surface area contributed by atoms with Crippen LogP contribution in [-0.2, 0) is 14.2 Å². The highest BCUT2D eigenvalue weighted by Gasteiger charge is 2.42. The summed E-state index contributed by atoms with van der Waals surface area (Å²) in [6.45, 7) is 6.63. The number of rotatable bonds is 7. The first-order chi connectivity index (χ1) is 11.5. The molecule has 0 saturated carbocycles. The maximum absolute atomic E-state index is 11.6. The van der Waals surface area contributed by atoms with Crippen LogP contribution in [0.4, 0.5) is 4.79 Å². The van der Waals surface area contributed by atoms with Gasteiger partial charge in [0.05, 0.1) is 6.61 Å². The molecule has 1 amide bonds. The average Bonchev–Trinajstić information content (AvgIpc) is 2.58. The van der Waals surface area contributed by atoms with E-state index in [1.807, 2.05) is 43.6 Å². The highest BCUT2D eigenvalue weighted by Crippen LogP contribution is 2.29. The van der Waals surface area contributed by atoms with Crippen molar-refractivity contribution >= 4 is 6.09 Å². The van der Waals surface area contributed by atoms with Crippen LogP contribution in [0.2, 0.25) is 0 Å². The van der Waals surface area contributed by atoms with Crippen molar-refractivity contribution in [3.8, 4) is 0 Å². The van der Waals surface area contributed by atoms with Gasteiger partial charge in [0.25, 0.3) is 0 Å². The third-order valence-electron chi connectivity index (χ3n) is 3.98. The van der Waals surface area contributed by atoms with E-state index >= 15 is 0 Å². The van der Waals surface area contributed by atoms with Crippen LogP contribution in [0.25, 0.3) is 0 Å². The number of hydrazine groups is 1. The Kier molecular flexibility index (Phi) is 9.37. The Morgan fingerprint density at radius 2 is 2.08 bits per heavy atom. The van der Waals surface area contributed by atoms with Crippen molar-refractivity contribution < 1.29 is 19.0 Å². The normalized spacial score (nSPS) is 28.5. The number of methoxy groups -OCH3 is 1. The minimum Gasteiger partial charge on any atom is -0.439 e. The summed E-state index contributed by atoms with van der Waals surface area (Å²) in [4.78, 5) is 11.6. The molecule has 0 aromatic carbocycles. The van der Waals surface area contributed by atoms with E-state index in [-0.39, 0.29) is 18.1 Å². The van der Waals surface area contributed by atoms with Crippen LogP contribution in [0.15, 0.2) is 36.0 Å². The number of hydrogen-bond acceptors (Lipinski definition) is 5. The Labute approximate surface area is 144 Å². The van der Waals surface area contributed by atoms with E-state index in [0.717, 1.165) is 18.4 Å². The van der Waals surface area contributed by atoms with Crippen LogP contribution >= 0.6 is 0 Å². The summed E-state index contributed by atoms with van der Waals surface area (Å²) in [6, 6.07) is 0. The lowest BCUT2D eigenvalue weighted by Crippen LogP contribution is -2.54. The maximum atomic E-state index is 11.6. The average molecular weight is 338 g/mol. The minimum atomic E-state index is -0.699. The lowest BCUT2D eigenvalue weighted by molar-refractivity contribution is -0.159. The van der Waals surface area contributed by atoms with Crippen LogP contribution in [-0.4, -0.2) is 38.1 Å². The zero-order valence-corrected chi connectivity index (χ0v) is 15.0. The zero-order chi connectivity index (χ0) is 17.9. The molecule has 4 unspecified atom stereocenters. The van der Waals surface area contributed by atoms with Gasteiger partial charge < -0.3 is 14.2 Å². The molecule has 6 heteroatoms. The standard InChI is InChI=1S/C18H30N2O4/c1-5-6-7-8-9-10-11-13(2)16-17(24-18(21)20-19)15(22-4)14(3)12-23-16/h7-11,14-17H,5-6,12,19H2,1-4H3,(H,20,21)/b8-7+,10-9-,13-11-. The Balaban J connectivity index is 2.85. The fourth-order valence-electron chi connectivity index (χ4n) is 2.69. The molecule has 1 rings (SSSR count). The number of allylic oxidation sites excluding steroid dienone is 5. The Bertz CT molecular complexity index is 474. The third-order valence-corrected chi connectivity index (χ3v) is 3.98. The number of unbranched alkanes of at least 4 members (excludes halogenated alkanes) is 1. The molecule has 1 fully saturated rings. The molecule has 0 aromatic rings. The van der Waals surface area contributed by atoms with Crippen LogP contribution in [0.5, 0.6) is 0 Å². The van der Waals surface area contributed by atoms with E-state index in [4.69, 9.17) is 20.1 Å². The van der Waals surface area contributed by atoms with Gasteiger partial charge in [-0.15, -0.1) is 0 Å². The van der Waals surface area contributed by atoms with E-state index in [1.165, 1.54) is 0 Å². The predicted octanol–water partition coefficient (Wildman–Crippen LogP) is 2.86. The number of carbonyl (C=O) groups is 1. The van der Waals surface area contributed by atoms with E-state index in [9.17, 15) is 4.79 Å². The van der Waals surface area contributed by atoms with Gasteiger partial charge in [0.1, 0.15) is 12.2 Å². The summed E-state index contributed by atoms with van der Waals surface area (Å²) in [7, 11) is 1.61. The molecule has 136 valence electrons. The van der Waals surface area contributed by atoms with Gasteiger partial charge in [-0.25, -0.2) is 10.6 Å². The molecule has 1 heterocycles. The Morgan fingerprint density at radius 1 is 1.33 bits per heavy atom. The second kappa shape index (κ2) is 11.0. The van der Waals surface area contributed by atoms with Crippen molar-refractivity contribution in [1.82, 2.24) is 5.43 Å². The molecular weight excluding hydrogens is 308 g/mol. The first kappa shape index (κ1) is 20.4. The lowest BCUT2D eigenvalue weighted by Gasteiger charge is -2.40. The quantitative estimate of drug-likeness (QED) is 0.323. The molecule has 1 aliphatic rings. The minimum absolute atomic E-state index is 0.113. The van der Waals surface area contributed by atoms with Gasteiger partial charge in [0.2, 0.25) is 0 Å².